The summed E-state index contributed by atoms with van der Waals surface area (Å²) in [5.74, 6) is 0.164. The number of amides is 2. The van der Waals surface area contributed by atoms with Crippen LogP contribution in [0.25, 0.3) is 11.1 Å². The molecule has 2 aliphatic rings. The van der Waals surface area contributed by atoms with Crippen molar-refractivity contribution in [1.29, 1.82) is 0 Å². The molecule has 2 N–H and O–H groups in total. The Morgan fingerprint density at radius 1 is 0.672 bits per heavy atom. The van der Waals surface area contributed by atoms with Crippen LogP contribution in [0.4, 0.5) is 11.4 Å². The molecule has 5 rings (SSSR count). The van der Waals surface area contributed by atoms with Crippen molar-refractivity contribution in [2.24, 2.45) is 5.92 Å². The molecule has 3 aromatic rings. The van der Waals surface area contributed by atoms with E-state index in [2.05, 4.69) is 33.2 Å². The van der Waals surface area contributed by atoms with Gasteiger partial charge in [-0.3, -0.25) is 9.59 Å². The molecule has 1 saturated carbocycles. The highest BCUT2D eigenvalue weighted by molar-refractivity contribution is 5.98. The van der Waals surface area contributed by atoms with E-state index in [1.807, 2.05) is 41.3 Å². The van der Waals surface area contributed by atoms with Crippen LogP contribution in [-0.2, 0) is 55.8 Å². The SMILES string of the molecule is CCCOCCOCCOCCOCCOCCOCCOCCOCCNC(=O)c1ncc(-c2ccc3c(c2)N(Cc2ccccc2CO)C[C@H](C2CC2)N3C(C)=O)cn1. The van der Waals surface area contributed by atoms with Gasteiger partial charge in [-0.25, -0.2) is 9.97 Å². The maximum absolute atomic E-state index is 13.0. The summed E-state index contributed by atoms with van der Waals surface area (Å²) in [4.78, 5) is 38.7. The van der Waals surface area contributed by atoms with E-state index in [-0.39, 0.29) is 24.4 Å². The molecule has 1 fully saturated rings. The van der Waals surface area contributed by atoms with Crippen molar-refractivity contribution in [2.45, 2.75) is 52.3 Å². The molecule has 2 aromatic carbocycles. The average Bonchev–Trinajstić information content (AvgIpc) is 4.13. The van der Waals surface area contributed by atoms with Crippen LogP contribution in [0.3, 0.4) is 0 Å². The van der Waals surface area contributed by atoms with E-state index in [4.69, 9.17) is 37.9 Å². The van der Waals surface area contributed by atoms with Gasteiger partial charge in [-0.15, -0.1) is 0 Å². The van der Waals surface area contributed by atoms with Gasteiger partial charge >= 0.3 is 0 Å². The second-order valence-corrected chi connectivity index (χ2v) is 14.8. The highest BCUT2D eigenvalue weighted by Crippen LogP contribution is 2.45. The Kier molecular flexibility index (Phi) is 21.8. The third-order valence-corrected chi connectivity index (χ3v) is 10.1. The minimum atomic E-state index is -0.394. The van der Waals surface area contributed by atoms with E-state index in [0.717, 1.165) is 59.5 Å². The van der Waals surface area contributed by atoms with Gasteiger partial charge < -0.3 is 58.1 Å². The van der Waals surface area contributed by atoms with Gasteiger partial charge in [0.05, 0.1) is 123 Å². The van der Waals surface area contributed by atoms with E-state index < -0.39 is 5.91 Å². The lowest BCUT2D eigenvalue weighted by Crippen LogP contribution is -2.52. The molecule has 16 nitrogen and oxygen atoms in total. The number of carbonyl (C=O) groups is 2. The van der Waals surface area contributed by atoms with Gasteiger partial charge in [0, 0.05) is 51.1 Å². The number of nitrogens with one attached hydrogen (secondary N) is 1. The highest BCUT2D eigenvalue weighted by Gasteiger charge is 2.42. The Hall–Kier alpha value is -4.10. The fraction of sp³-hybridized carbons (Fsp3) is 0.600. The number of nitrogens with zero attached hydrogens (tertiary/aromatic N) is 4. The molecule has 1 aromatic heterocycles. The Labute approximate surface area is 360 Å². The molecule has 16 heteroatoms. The first-order valence-corrected chi connectivity index (χ1v) is 21.6. The van der Waals surface area contributed by atoms with Gasteiger partial charge in [-0.05, 0) is 54.0 Å². The van der Waals surface area contributed by atoms with E-state index in [9.17, 15) is 14.7 Å². The van der Waals surface area contributed by atoms with Crippen molar-refractivity contribution < 1.29 is 52.6 Å². The standard InChI is InChI=1S/C45H65N5O11/c1-3-13-54-15-17-56-19-21-58-23-25-60-27-28-61-26-24-59-22-20-57-18-16-55-14-12-46-45(53)44-47-30-40(31-48-44)37-10-11-41-42(29-37)49(32-38-6-4-5-7-39(38)34-51)33-43(36-8-9-36)50(41)35(2)52/h4-7,10-11,29-31,36,43,51H,3,8-9,12-28,32-34H2,1-2H3,(H,46,53)/t43-/m1/s1. The predicted molar refractivity (Wildman–Crippen MR) is 230 cm³/mol. The van der Waals surface area contributed by atoms with Gasteiger partial charge in [0.25, 0.3) is 5.91 Å². The smallest absolute Gasteiger partial charge is 0.289 e. The molecule has 2 heterocycles. The van der Waals surface area contributed by atoms with Gasteiger partial charge in [-0.1, -0.05) is 37.3 Å². The van der Waals surface area contributed by atoms with Crippen molar-refractivity contribution in [3.8, 4) is 11.1 Å². The molecule has 61 heavy (non-hydrogen) atoms. The summed E-state index contributed by atoms with van der Waals surface area (Å²) in [7, 11) is 0. The number of aliphatic hydroxyl groups excluding tert-OH is 1. The van der Waals surface area contributed by atoms with Crippen LogP contribution >= 0.6 is 0 Å². The van der Waals surface area contributed by atoms with Crippen LogP contribution in [0.2, 0.25) is 0 Å². The Bertz CT molecular complexity index is 1710. The molecular formula is C45H65N5O11. The van der Waals surface area contributed by atoms with E-state index in [0.29, 0.717) is 125 Å². The number of carbonyl (C=O) groups excluding carboxylic acids is 2. The Balaban J connectivity index is 0.907. The normalized spacial score (nSPS) is 15.0. The van der Waals surface area contributed by atoms with Crippen LogP contribution in [0.1, 0.15) is 54.9 Å². The molecule has 0 bridgehead atoms. The number of aromatic nitrogens is 2. The maximum atomic E-state index is 13.0. The predicted octanol–water partition coefficient (Wildman–Crippen LogP) is 4.06. The van der Waals surface area contributed by atoms with Gasteiger partial charge in [0.2, 0.25) is 11.7 Å². The average molecular weight is 852 g/mol. The van der Waals surface area contributed by atoms with Crippen LogP contribution in [0, 0.1) is 5.92 Å². The monoisotopic (exact) mass is 851 g/mol. The molecular weight excluding hydrogens is 787 g/mol. The summed E-state index contributed by atoms with van der Waals surface area (Å²) in [6.45, 7) is 13.3. The number of fused-ring (bicyclic) bond motifs is 1. The minimum Gasteiger partial charge on any atom is -0.392 e. The molecule has 336 valence electrons. The first kappa shape index (κ1) is 47.9. The molecule has 0 spiro atoms. The number of aliphatic hydroxyl groups is 1. The molecule has 1 aliphatic carbocycles. The highest BCUT2D eigenvalue weighted by atomic mass is 16.6. The second-order valence-electron chi connectivity index (χ2n) is 14.8. The maximum Gasteiger partial charge on any atom is 0.289 e. The number of hydrogen-bond acceptors (Lipinski definition) is 14. The van der Waals surface area contributed by atoms with Gasteiger partial charge in [-0.2, -0.15) is 0 Å². The van der Waals surface area contributed by atoms with E-state index in [1.165, 1.54) is 0 Å². The van der Waals surface area contributed by atoms with Crippen molar-refractivity contribution >= 4 is 23.2 Å². The summed E-state index contributed by atoms with van der Waals surface area (Å²) in [6.07, 6.45) is 6.51. The zero-order valence-corrected chi connectivity index (χ0v) is 35.9. The minimum absolute atomic E-state index is 0.0252. The van der Waals surface area contributed by atoms with Crippen LogP contribution < -0.4 is 15.1 Å². The lowest BCUT2D eigenvalue weighted by molar-refractivity contribution is -0.117. The summed E-state index contributed by atoms with van der Waals surface area (Å²) < 4.78 is 43.9. The fourth-order valence-electron chi connectivity index (χ4n) is 6.91. The number of benzene rings is 2. The van der Waals surface area contributed by atoms with Crippen LogP contribution in [0.15, 0.2) is 54.9 Å². The summed E-state index contributed by atoms with van der Waals surface area (Å²) in [6, 6.07) is 14.0. The van der Waals surface area contributed by atoms with Crippen molar-refractivity contribution in [3.05, 3.63) is 71.8 Å². The molecule has 2 amide bonds. The van der Waals surface area contributed by atoms with E-state index >= 15 is 0 Å². The molecule has 0 unspecified atom stereocenters. The topological polar surface area (TPSA) is 172 Å². The quantitative estimate of drug-likeness (QED) is 0.0862. The third kappa shape index (κ3) is 16.6. The van der Waals surface area contributed by atoms with Crippen molar-refractivity contribution in [2.75, 3.05) is 129 Å². The van der Waals surface area contributed by atoms with Gasteiger partial charge in [0.1, 0.15) is 0 Å². The van der Waals surface area contributed by atoms with Crippen LogP contribution in [-0.4, -0.2) is 152 Å². The summed E-state index contributed by atoms with van der Waals surface area (Å²) >= 11 is 0. The first-order valence-electron chi connectivity index (χ1n) is 21.6. The third-order valence-electron chi connectivity index (χ3n) is 10.1. The summed E-state index contributed by atoms with van der Waals surface area (Å²) in [5, 5.41) is 12.8. The number of ether oxygens (including phenoxy) is 8. The number of rotatable bonds is 32. The van der Waals surface area contributed by atoms with Crippen LogP contribution in [0.5, 0.6) is 0 Å². The number of anilines is 2. The number of hydrogen-bond donors (Lipinski definition) is 2. The Morgan fingerprint density at radius 3 is 1.67 bits per heavy atom. The van der Waals surface area contributed by atoms with E-state index in [1.54, 1.807) is 19.3 Å². The largest absolute Gasteiger partial charge is 0.392 e. The Morgan fingerprint density at radius 2 is 1.18 bits per heavy atom. The van der Waals surface area contributed by atoms with Gasteiger partial charge in [0.15, 0.2) is 0 Å². The molecule has 0 saturated heterocycles. The zero-order chi connectivity index (χ0) is 42.9. The van der Waals surface area contributed by atoms with Crippen molar-refractivity contribution in [3.63, 3.8) is 0 Å². The zero-order valence-electron chi connectivity index (χ0n) is 35.9. The second kappa shape index (κ2) is 27.8. The van der Waals surface area contributed by atoms with Crippen molar-refractivity contribution in [1.82, 2.24) is 15.3 Å². The lowest BCUT2D eigenvalue weighted by atomic mass is 9.98. The lowest BCUT2D eigenvalue weighted by Gasteiger charge is -2.44. The fourth-order valence-corrected chi connectivity index (χ4v) is 6.91. The molecule has 1 aliphatic heterocycles. The molecule has 1 atom stereocenters. The summed E-state index contributed by atoms with van der Waals surface area (Å²) in [5.41, 5.74) is 5.35. The first-order chi connectivity index (χ1) is 30.0. The molecule has 0 radical (unpaired) electrons.